The van der Waals surface area contributed by atoms with E-state index in [0.29, 0.717) is 25.2 Å². The van der Waals surface area contributed by atoms with Crippen molar-refractivity contribution in [2.45, 2.75) is 44.4 Å². The predicted molar refractivity (Wildman–Crippen MR) is 136 cm³/mol. The van der Waals surface area contributed by atoms with Crippen molar-refractivity contribution in [2.24, 2.45) is 0 Å². The molecule has 7 nitrogen and oxygen atoms in total. The van der Waals surface area contributed by atoms with E-state index in [4.69, 9.17) is 4.74 Å². The van der Waals surface area contributed by atoms with Crippen molar-refractivity contribution in [3.8, 4) is 5.75 Å². The van der Waals surface area contributed by atoms with E-state index >= 15 is 0 Å². The summed E-state index contributed by atoms with van der Waals surface area (Å²) in [6, 6.07) is 12.2. The number of para-hydroxylation sites is 1. The zero-order chi connectivity index (χ0) is 24.4. The summed E-state index contributed by atoms with van der Waals surface area (Å²) in [6.07, 6.45) is 1.89. The molecule has 2 N–H and O–H groups in total. The van der Waals surface area contributed by atoms with Gasteiger partial charge in [0, 0.05) is 25.2 Å². The number of fused-ring (bicyclic) bond motifs is 1. The topological polar surface area (TPSA) is 77.9 Å². The molecule has 0 bridgehead atoms. The number of hydrogen-bond acceptors (Lipinski definition) is 7. The zero-order valence-electron chi connectivity index (χ0n) is 19.8. The number of aryl methyl sites for hydroxylation is 1. The van der Waals surface area contributed by atoms with Gasteiger partial charge in [0.05, 0.1) is 27.0 Å². The average Bonchev–Trinajstić information content (AvgIpc) is 3.40. The van der Waals surface area contributed by atoms with Crippen molar-refractivity contribution in [3.05, 3.63) is 53.3 Å². The normalized spacial score (nSPS) is 20.6. The molecule has 3 aromatic rings. The maximum absolute atomic E-state index is 14.1. The standard InChI is InChI=1S/C26H31FN4O3S/c1-17-28-23-14-20(6-7-25(23)35-17)34-16-19(32)15-30-11-8-18(9-12-30)29-22-10-13-31(26(22)33)24-5-3-2-4-21(24)27/h2-7,14,18-19,22,29,32H,8-13,15-16H2,1H3/t19-,22-/m1/s1. The number of ether oxygens (including phenoxy) is 1. The number of piperidine rings is 1. The van der Waals surface area contributed by atoms with E-state index in [1.54, 1.807) is 34.4 Å². The molecule has 2 aromatic carbocycles. The Bertz CT molecular complexity index is 1180. The quantitative estimate of drug-likeness (QED) is 0.496. The number of carbonyl (C=O) groups excluding carboxylic acids is 1. The molecule has 186 valence electrons. The fourth-order valence-electron chi connectivity index (χ4n) is 4.97. The smallest absolute Gasteiger partial charge is 0.244 e. The van der Waals surface area contributed by atoms with Crippen LogP contribution >= 0.6 is 11.3 Å². The molecule has 9 heteroatoms. The highest BCUT2D eigenvalue weighted by Gasteiger charge is 2.35. The SMILES string of the molecule is Cc1nc2cc(OC[C@H](O)CN3CCC(N[C@@H]4CCN(c5ccccc5F)C4=O)CC3)ccc2s1. The highest BCUT2D eigenvalue weighted by Crippen LogP contribution is 2.27. The molecule has 0 unspecified atom stereocenters. The van der Waals surface area contributed by atoms with E-state index in [0.717, 1.165) is 46.9 Å². The Balaban J connectivity index is 1.05. The molecule has 2 fully saturated rings. The van der Waals surface area contributed by atoms with Crippen molar-refractivity contribution in [1.29, 1.82) is 0 Å². The van der Waals surface area contributed by atoms with Gasteiger partial charge in [0.1, 0.15) is 24.3 Å². The van der Waals surface area contributed by atoms with Gasteiger partial charge in [-0.15, -0.1) is 11.3 Å². The van der Waals surface area contributed by atoms with E-state index in [-0.39, 0.29) is 30.4 Å². The molecule has 0 aliphatic carbocycles. The fourth-order valence-corrected chi connectivity index (χ4v) is 5.77. The average molecular weight is 499 g/mol. The molecule has 3 heterocycles. The number of aliphatic hydroxyl groups is 1. The van der Waals surface area contributed by atoms with Gasteiger partial charge in [0.25, 0.3) is 0 Å². The zero-order valence-corrected chi connectivity index (χ0v) is 20.6. The number of β-amino-alcohol motifs (C(OH)–C–C–N with tert-alkyl or cyclic N) is 1. The number of aliphatic hydroxyl groups excluding tert-OH is 1. The first-order valence-corrected chi connectivity index (χ1v) is 13.0. The third-order valence-electron chi connectivity index (χ3n) is 6.75. The summed E-state index contributed by atoms with van der Waals surface area (Å²) in [4.78, 5) is 21.1. The lowest BCUT2D eigenvalue weighted by molar-refractivity contribution is -0.119. The maximum atomic E-state index is 14.1. The molecule has 2 saturated heterocycles. The number of anilines is 1. The molecule has 1 aromatic heterocycles. The van der Waals surface area contributed by atoms with Crippen molar-refractivity contribution in [3.63, 3.8) is 0 Å². The molecule has 0 radical (unpaired) electrons. The minimum Gasteiger partial charge on any atom is -0.491 e. The van der Waals surface area contributed by atoms with Crippen molar-refractivity contribution in [1.82, 2.24) is 15.2 Å². The largest absolute Gasteiger partial charge is 0.491 e. The number of nitrogens with one attached hydrogen (secondary N) is 1. The van der Waals surface area contributed by atoms with Gasteiger partial charge in [-0.3, -0.25) is 4.79 Å². The summed E-state index contributed by atoms with van der Waals surface area (Å²) in [6.45, 7) is 4.98. The van der Waals surface area contributed by atoms with Crippen LogP contribution in [0.1, 0.15) is 24.3 Å². The second kappa shape index (κ2) is 10.6. The molecular weight excluding hydrogens is 467 g/mol. The minimum atomic E-state index is -0.585. The number of likely N-dealkylation sites (tertiary alicyclic amines) is 1. The van der Waals surface area contributed by atoms with Crippen molar-refractivity contribution < 1.29 is 19.0 Å². The van der Waals surface area contributed by atoms with Crippen LogP contribution in [-0.4, -0.2) is 71.9 Å². The summed E-state index contributed by atoms with van der Waals surface area (Å²) in [5, 5.41) is 15.0. The van der Waals surface area contributed by atoms with Gasteiger partial charge in [-0.1, -0.05) is 12.1 Å². The van der Waals surface area contributed by atoms with Gasteiger partial charge in [-0.25, -0.2) is 9.37 Å². The van der Waals surface area contributed by atoms with Crippen LogP contribution in [0.3, 0.4) is 0 Å². The highest BCUT2D eigenvalue weighted by molar-refractivity contribution is 7.18. The first kappa shape index (κ1) is 24.1. The second-order valence-corrected chi connectivity index (χ2v) is 10.6. The summed E-state index contributed by atoms with van der Waals surface area (Å²) in [7, 11) is 0. The Morgan fingerprint density at radius 1 is 1.20 bits per heavy atom. The van der Waals surface area contributed by atoms with Crippen molar-refractivity contribution in [2.75, 3.05) is 37.7 Å². The van der Waals surface area contributed by atoms with Crippen LogP contribution < -0.4 is 15.0 Å². The number of amides is 1. The monoisotopic (exact) mass is 498 g/mol. The lowest BCUT2D eigenvalue weighted by Gasteiger charge is -2.34. The van der Waals surface area contributed by atoms with Crippen LogP contribution in [0, 0.1) is 12.7 Å². The number of aromatic nitrogens is 1. The van der Waals surface area contributed by atoms with Gasteiger partial charge in [-0.05, 0) is 63.5 Å². The Kier molecular flexibility index (Phi) is 7.29. The maximum Gasteiger partial charge on any atom is 0.244 e. The van der Waals surface area contributed by atoms with E-state index in [1.165, 1.54) is 6.07 Å². The summed E-state index contributed by atoms with van der Waals surface area (Å²) in [5.41, 5.74) is 1.28. The third kappa shape index (κ3) is 5.64. The molecule has 35 heavy (non-hydrogen) atoms. The van der Waals surface area contributed by atoms with Crippen LogP contribution in [0.25, 0.3) is 10.2 Å². The molecule has 2 aliphatic heterocycles. The van der Waals surface area contributed by atoms with Crippen LogP contribution in [-0.2, 0) is 4.79 Å². The molecule has 2 atom stereocenters. The van der Waals surface area contributed by atoms with Crippen molar-refractivity contribution >= 4 is 33.1 Å². The lowest BCUT2D eigenvalue weighted by atomic mass is 10.0. The number of benzene rings is 2. The first-order valence-electron chi connectivity index (χ1n) is 12.2. The van der Waals surface area contributed by atoms with Gasteiger partial charge >= 0.3 is 0 Å². The molecule has 0 saturated carbocycles. The van der Waals surface area contributed by atoms with E-state index in [1.807, 2.05) is 25.1 Å². The molecule has 0 spiro atoms. The fraction of sp³-hybridized carbons (Fsp3) is 0.462. The number of hydrogen-bond donors (Lipinski definition) is 2. The van der Waals surface area contributed by atoms with Crippen LogP contribution in [0.5, 0.6) is 5.75 Å². The number of rotatable bonds is 8. The van der Waals surface area contributed by atoms with Gasteiger partial charge in [-0.2, -0.15) is 0 Å². The first-order chi connectivity index (χ1) is 17.0. The summed E-state index contributed by atoms with van der Waals surface area (Å²) < 4.78 is 21.1. The lowest BCUT2D eigenvalue weighted by Crippen LogP contribution is -2.50. The minimum absolute atomic E-state index is 0.0592. The number of nitrogens with zero attached hydrogens (tertiary/aromatic N) is 3. The Morgan fingerprint density at radius 2 is 2.00 bits per heavy atom. The summed E-state index contributed by atoms with van der Waals surface area (Å²) in [5.74, 6) is 0.294. The van der Waals surface area contributed by atoms with Crippen LogP contribution in [0.4, 0.5) is 10.1 Å². The summed E-state index contributed by atoms with van der Waals surface area (Å²) >= 11 is 1.65. The third-order valence-corrected chi connectivity index (χ3v) is 7.70. The van der Waals surface area contributed by atoms with E-state index < -0.39 is 6.10 Å². The van der Waals surface area contributed by atoms with Gasteiger partial charge in [0.2, 0.25) is 5.91 Å². The molecule has 2 aliphatic rings. The molecule has 1 amide bonds. The second-order valence-electron chi connectivity index (χ2n) is 9.35. The predicted octanol–water partition coefficient (Wildman–Crippen LogP) is 3.34. The van der Waals surface area contributed by atoms with Gasteiger partial charge < -0.3 is 25.0 Å². The number of halogens is 1. The number of carbonyl (C=O) groups is 1. The Labute approximate surface area is 208 Å². The van der Waals surface area contributed by atoms with Crippen LogP contribution in [0.2, 0.25) is 0 Å². The highest BCUT2D eigenvalue weighted by atomic mass is 32.1. The van der Waals surface area contributed by atoms with E-state index in [9.17, 15) is 14.3 Å². The van der Waals surface area contributed by atoms with Gasteiger partial charge in [0.15, 0.2) is 0 Å². The Morgan fingerprint density at radius 3 is 2.80 bits per heavy atom. The van der Waals surface area contributed by atoms with Crippen LogP contribution in [0.15, 0.2) is 42.5 Å². The molecular formula is C26H31FN4O3S. The van der Waals surface area contributed by atoms with E-state index in [2.05, 4.69) is 15.2 Å². The molecule has 5 rings (SSSR count). The number of thiazole rings is 1. The Hall–Kier alpha value is -2.59.